The van der Waals surface area contributed by atoms with E-state index in [0.29, 0.717) is 34.3 Å². The number of carbonyl (C=O) groups is 3. The summed E-state index contributed by atoms with van der Waals surface area (Å²) in [6.07, 6.45) is -0.557. The van der Waals surface area contributed by atoms with E-state index in [4.69, 9.17) is 14.2 Å². The number of fused-ring (bicyclic) bond motifs is 1. The number of nitrogens with one attached hydrogen (secondary N) is 1. The number of nitrogens with zero attached hydrogens (tertiary/aromatic N) is 1. The van der Waals surface area contributed by atoms with Gasteiger partial charge in [-0.25, -0.2) is 14.0 Å². The summed E-state index contributed by atoms with van der Waals surface area (Å²) in [5, 5.41) is 0.403. The number of methoxy groups -OCH3 is 1. The molecule has 0 spiro atoms. The van der Waals surface area contributed by atoms with Gasteiger partial charge in [0.1, 0.15) is 11.4 Å². The summed E-state index contributed by atoms with van der Waals surface area (Å²) >= 11 is 0. The molecule has 3 rings (SSSR count). The van der Waals surface area contributed by atoms with Crippen LogP contribution in [0.15, 0.2) is 36.4 Å². The Morgan fingerprint density at radius 1 is 1.08 bits per heavy atom. The summed E-state index contributed by atoms with van der Waals surface area (Å²) in [7, 11) is 2.87. The second-order valence-electron chi connectivity index (χ2n) is 9.36. The van der Waals surface area contributed by atoms with Gasteiger partial charge in [-0.1, -0.05) is 24.3 Å². The monoisotopic (exact) mass is 498 g/mol. The van der Waals surface area contributed by atoms with Crippen molar-refractivity contribution in [2.75, 3.05) is 20.8 Å². The maximum Gasteiger partial charge on any atom is 0.410 e. The molecule has 1 N–H and O–H groups in total. The van der Waals surface area contributed by atoms with Crippen molar-refractivity contribution < 1.29 is 33.0 Å². The van der Waals surface area contributed by atoms with Crippen molar-refractivity contribution in [2.24, 2.45) is 0 Å². The Balaban J connectivity index is 2.01. The number of esters is 2. The highest BCUT2D eigenvalue weighted by molar-refractivity contribution is 6.08. The zero-order valence-electron chi connectivity index (χ0n) is 21.4. The van der Waals surface area contributed by atoms with Crippen molar-refractivity contribution in [2.45, 2.75) is 46.3 Å². The molecule has 36 heavy (non-hydrogen) atoms. The van der Waals surface area contributed by atoms with E-state index in [9.17, 15) is 18.8 Å². The van der Waals surface area contributed by atoms with Crippen LogP contribution in [0.1, 0.15) is 49.2 Å². The molecule has 192 valence electrons. The van der Waals surface area contributed by atoms with Gasteiger partial charge in [0.05, 0.1) is 31.4 Å². The lowest BCUT2D eigenvalue weighted by atomic mass is 9.98. The van der Waals surface area contributed by atoms with Crippen molar-refractivity contribution in [3.63, 3.8) is 0 Å². The molecule has 0 aliphatic rings. The largest absolute Gasteiger partial charge is 0.466 e. The second kappa shape index (κ2) is 10.8. The fourth-order valence-corrected chi connectivity index (χ4v) is 3.87. The first-order chi connectivity index (χ1) is 16.9. The van der Waals surface area contributed by atoms with Gasteiger partial charge in [-0.15, -0.1) is 0 Å². The van der Waals surface area contributed by atoms with Crippen molar-refractivity contribution in [3.05, 3.63) is 58.9 Å². The molecule has 0 atom stereocenters. The van der Waals surface area contributed by atoms with E-state index < -0.39 is 29.5 Å². The predicted molar refractivity (Wildman–Crippen MR) is 133 cm³/mol. The van der Waals surface area contributed by atoms with Gasteiger partial charge in [0.25, 0.3) is 0 Å². The van der Waals surface area contributed by atoms with Gasteiger partial charge in [-0.3, -0.25) is 4.79 Å². The lowest BCUT2D eigenvalue weighted by Gasteiger charge is -2.24. The number of benzene rings is 2. The van der Waals surface area contributed by atoms with Gasteiger partial charge in [-0.2, -0.15) is 0 Å². The standard InChI is InChI=1S/C27H31FN2O6/c1-7-35-22(31)14-19-23-20(25(32)34-6)12-18(28)13-21(23)29-24(19)17-10-8-16(9-11-17)15-30(5)26(33)36-27(2,3)4/h8-13,29H,7,14-15H2,1-6H3. The fraction of sp³-hybridized carbons (Fsp3) is 0.370. The number of H-pyrrole nitrogens is 1. The molecule has 0 aliphatic heterocycles. The van der Waals surface area contributed by atoms with E-state index in [0.717, 1.165) is 11.6 Å². The van der Waals surface area contributed by atoms with Crippen LogP contribution < -0.4 is 0 Å². The highest BCUT2D eigenvalue weighted by Gasteiger charge is 2.24. The molecule has 9 heteroatoms. The van der Waals surface area contributed by atoms with Crippen molar-refractivity contribution in [1.82, 2.24) is 9.88 Å². The van der Waals surface area contributed by atoms with E-state index >= 15 is 0 Å². The van der Waals surface area contributed by atoms with E-state index in [1.807, 2.05) is 24.3 Å². The zero-order chi connectivity index (χ0) is 26.6. The molecule has 1 amide bonds. The molecular formula is C27H31FN2O6. The van der Waals surface area contributed by atoms with Gasteiger partial charge < -0.3 is 24.1 Å². The second-order valence-corrected chi connectivity index (χ2v) is 9.36. The highest BCUT2D eigenvalue weighted by Crippen LogP contribution is 2.34. The van der Waals surface area contributed by atoms with Crippen LogP contribution >= 0.6 is 0 Å². The van der Waals surface area contributed by atoms with E-state index in [1.54, 1.807) is 34.7 Å². The number of halogens is 1. The molecular weight excluding hydrogens is 467 g/mol. The molecule has 8 nitrogen and oxygen atoms in total. The molecule has 0 aliphatic carbocycles. The highest BCUT2D eigenvalue weighted by atomic mass is 19.1. The van der Waals surface area contributed by atoms with Crippen molar-refractivity contribution in [1.29, 1.82) is 0 Å². The Kier molecular flexibility index (Phi) is 8.02. The Morgan fingerprint density at radius 2 is 1.75 bits per heavy atom. The molecule has 0 saturated heterocycles. The lowest BCUT2D eigenvalue weighted by molar-refractivity contribution is -0.142. The molecule has 1 aromatic heterocycles. The van der Waals surface area contributed by atoms with Gasteiger partial charge >= 0.3 is 18.0 Å². The Morgan fingerprint density at radius 3 is 2.33 bits per heavy atom. The van der Waals surface area contributed by atoms with Crippen LogP contribution in [0.4, 0.5) is 9.18 Å². The Bertz CT molecular complexity index is 1270. The molecule has 0 unspecified atom stereocenters. The lowest BCUT2D eigenvalue weighted by Crippen LogP contribution is -2.33. The van der Waals surface area contributed by atoms with E-state index in [-0.39, 0.29) is 18.6 Å². The molecule has 0 saturated carbocycles. The number of hydrogen-bond acceptors (Lipinski definition) is 6. The minimum Gasteiger partial charge on any atom is -0.466 e. The first-order valence-electron chi connectivity index (χ1n) is 11.5. The fourth-order valence-electron chi connectivity index (χ4n) is 3.87. The summed E-state index contributed by atoms with van der Waals surface area (Å²) in [6.45, 7) is 7.65. The van der Waals surface area contributed by atoms with Crippen LogP contribution in [0.25, 0.3) is 22.2 Å². The maximum absolute atomic E-state index is 14.3. The van der Waals surface area contributed by atoms with E-state index in [2.05, 4.69) is 4.98 Å². The first kappa shape index (κ1) is 26.7. The summed E-state index contributed by atoms with van der Waals surface area (Å²) in [4.78, 5) is 41.7. The van der Waals surface area contributed by atoms with Crippen molar-refractivity contribution in [3.8, 4) is 11.3 Å². The molecule has 0 bridgehead atoms. The van der Waals surface area contributed by atoms with Crippen LogP contribution in [0.2, 0.25) is 0 Å². The van der Waals surface area contributed by atoms with Crippen molar-refractivity contribution >= 4 is 28.9 Å². The molecule has 1 heterocycles. The van der Waals surface area contributed by atoms with Crippen LogP contribution in [-0.4, -0.2) is 54.3 Å². The maximum atomic E-state index is 14.3. The number of ether oxygens (including phenoxy) is 3. The Hall–Kier alpha value is -3.88. The number of hydrogen-bond donors (Lipinski definition) is 1. The summed E-state index contributed by atoms with van der Waals surface area (Å²) in [6, 6.07) is 9.70. The zero-order valence-corrected chi connectivity index (χ0v) is 21.4. The normalized spacial score (nSPS) is 11.3. The van der Waals surface area contributed by atoms with Gasteiger partial charge in [0.15, 0.2) is 0 Å². The quantitative estimate of drug-likeness (QED) is 0.354. The summed E-state index contributed by atoms with van der Waals surface area (Å²) < 4.78 is 29.7. The Labute approximate surface area is 209 Å². The van der Waals surface area contributed by atoms with Gasteiger partial charge in [0.2, 0.25) is 0 Å². The van der Waals surface area contributed by atoms with Crippen LogP contribution in [0, 0.1) is 5.82 Å². The molecule has 0 radical (unpaired) electrons. The third-order valence-corrected chi connectivity index (χ3v) is 5.37. The number of amides is 1. The minimum atomic E-state index is -0.712. The van der Waals surface area contributed by atoms with Crippen LogP contribution in [0.5, 0.6) is 0 Å². The third-order valence-electron chi connectivity index (χ3n) is 5.37. The number of aromatic nitrogens is 1. The molecule has 2 aromatic carbocycles. The topological polar surface area (TPSA) is 97.9 Å². The smallest absolute Gasteiger partial charge is 0.410 e. The molecule has 0 fully saturated rings. The third kappa shape index (κ3) is 6.21. The predicted octanol–water partition coefficient (Wildman–Crippen LogP) is 5.23. The van der Waals surface area contributed by atoms with Gasteiger partial charge in [0, 0.05) is 24.5 Å². The minimum absolute atomic E-state index is 0.0184. The van der Waals surface area contributed by atoms with Gasteiger partial charge in [-0.05, 0) is 56.5 Å². The summed E-state index contributed by atoms with van der Waals surface area (Å²) in [5.74, 6) is -1.80. The molecule has 3 aromatic rings. The number of carbonyl (C=O) groups excluding carboxylic acids is 3. The number of aromatic amines is 1. The van der Waals surface area contributed by atoms with Crippen LogP contribution in [0.3, 0.4) is 0 Å². The van der Waals surface area contributed by atoms with Crippen LogP contribution in [-0.2, 0) is 32.0 Å². The SMILES string of the molecule is CCOC(=O)Cc1c(-c2ccc(CN(C)C(=O)OC(C)(C)C)cc2)[nH]c2cc(F)cc(C(=O)OC)c12. The van der Waals surface area contributed by atoms with E-state index in [1.165, 1.54) is 18.1 Å². The average molecular weight is 499 g/mol. The summed E-state index contributed by atoms with van der Waals surface area (Å²) in [5.41, 5.74) is 2.41. The first-order valence-corrected chi connectivity index (χ1v) is 11.5. The number of rotatable bonds is 7. The average Bonchev–Trinajstić information content (AvgIpc) is 3.15.